The van der Waals surface area contributed by atoms with Crippen molar-refractivity contribution >= 4 is 6.03 Å². The van der Waals surface area contributed by atoms with Crippen molar-refractivity contribution in [2.45, 2.75) is 32.4 Å². The minimum absolute atomic E-state index is 0.0313. The van der Waals surface area contributed by atoms with Gasteiger partial charge in [0.1, 0.15) is 6.33 Å². The second kappa shape index (κ2) is 2.87. The average Bonchev–Trinajstić information content (AvgIpc) is 2.55. The highest BCUT2D eigenvalue weighted by molar-refractivity contribution is 5.78. The second-order valence-corrected chi connectivity index (χ2v) is 3.59. The largest absolute Gasteiger partial charge is 0.329 e. The summed E-state index contributed by atoms with van der Waals surface area (Å²) >= 11 is 0. The fourth-order valence-electron chi connectivity index (χ4n) is 1.90. The van der Waals surface area contributed by atoms with Gasteiger partial charge in [0, 0.05) is 24.5 Å². The lowest BCUT2D eigenvalue weighted by Crippen LogP contribution is -2.56. The molecule has 1 saturated heterocycles. The molecule has 2 rings (SSSR count). The molecule has 1 aromatic heterocycles. The van der Waals surface area contributed by atoms with Crippen LogP contribution in [0.3, 0.4) is 0 Å². The van der Waals surface area contributed by atoms with Gasteiger partial charge in [-0.15, -0.1) is 0 Å². The van der Waals surface area contributed by atoms with Crippen molar-refractivity contribution < 1.29 is 4.79 Å². The summed E-state index contributed by atoms with van der Waals surface area (Å²) in [5.41, 5.74) is 0. The van der Waals surface area contributed by atoms with E-state index in [2.05, 4.69) is 18.8 Å². The molecule has 0 spiro atoms. The highest BCUT2D eigenvalue weighted by Gasteiger charge is 2.36. The zero-order valence-electron chi connectivity index (χ0n) is 7.84. The number of nitrogens with zero attached hydrogens (tertiary/aromatic N) is 3. The maximum atomic E-state index is 11.8. The molecule has 0 aromatic carbocycles. The zero-order chi connectivity index (χ0) is 9.42. The molecule has 4 heteroatoms. The Morgan fingerprint density at radius 3 is 2.62 bits per heavy atom. The lowest BCUT2D eigenvalue weighted by Gasteiger charge is -2.45. The van der Waals surface area contributed by atoms with Crippen molar-refractivity contribution in [2.75, 3.05) is 0 Å². The number of carbonyl (C=O) groups is 1. The maximum absolute atomic E-state index is 11.8. The number of amides is 1. The summed E-state index contributed by atoms with van der Waals surface area (Å²) in [6.45, 7) is 4.13. The first-order chi connectivity index (χ1) is 6.20. The van der Waals surface area contributed by atoms with E-state index < -0.39 is 0 Å². The van der Waals surface area contributed by atoms with Crippen LogP contribution in [0.4, 0.5) is 4.79 Å². The molecule has 1 aliphatic rings. The van der Waals surface area contributed by atoms with E-state index in [0.29, 0.717) is 12.1 Å². The predicted octanol–water partition coefficient (Wildman–Crippen LogP) is 1.33. The van der Waals surface area contributed by atoms with Crippen molar-refractivity contribution in [1.82, 2.24) is 14.5 Å². The first kappa shape index (κ1) is 8.29. The molecular weight excluding hydrogens is 166 g/mol. The number of likely N-dealkylation sites (tertiary alicyclic amines) is 1. The van der Waals surface area contributed by atoms with Gasteiger partial charge in [0.15, 0.2) is 0 Å². The van der Waals surface area contributed by atoms with Crippen LogP contribution in [0.15, 0.2) is 18.7 Å². The molecule has 2 atom stereocenters. The van der Waals surface area contributed by atoms with Gasteiger partial charge in [-0.3, -0.25) is 4.57 Å². The van der Waals surface area contributed by atoms with E-state index in [1.807, 2.05) is 4.90 Å². The number of imidazole rings is 1. The average molecular weight is 179 g/mol. The number of aromatic nitrogens is 2. The fraction of sp³-hybridized carbons (Fsp3) is 0.556. The van der Waals surface area contributed by atoms with Crippen molar-refractivity contribution in [1.29, 1.82) is 0 Å². The van der Waals surface area contributed by atoms with E-state index in [-0.39, 0.29) is 6.03 Å². The monoisotopic (exact) mass is 179 g/mol. The van der Waals surface area contributed by atoms with Gasteiger partial charge in [0.2, 0.25) is 0 Å². The summed E-state index contributed by atoms with van der Waals surface area (Å²) in [4.78, 5) is 17.5. The van der Waals surface area contributed by atoms with Crippen molar-refractivity contribution in [2.24, 2.45) is 0 Å². The third kappa shape index (κ3) is 1.22. The van der Waals surface area contributed by atoms with Crippen LogP contribution in [0, 0.1) is 0 Å². The normalized spacial score (nSPS) is 27.1. The lowest BCUT2D eigenvalue weighted by molar-refractivity contribution is 0.0742. The van der Waals surface area contributed by atoms with Gasteiger partial charge in [0.05, 0.1) is 0 Å². The number of hydrogen-bond acceptors (Lipinski definition) is 2. The van der Waals surface area contributed by atoms with Crippen LogP contribution in [0.25, 0.3) is 0 Å². The van der Waals surface area contributed by atoms with Crippen molar-refractivity contribution in [3.63, 3.8) is 0 Å². The standard InChI is InChI=1S/C9H13N3O/c1-7-5-8(2)12(7)9(13)11-4-3-10-6-11/h3-4,6-8H,5H2,1-2H3. The molecule has 0 radical (unpaired) electrons. The predicted molar refractivity (Wildman–Crippen MR) is 48.4 cm³/mol. The van der Waals surface area contributed by atoms with Gasteiger partial charge in [-0.05, 0) is 20.3 Å². The van der Waals surface area contributed by atoms with Gasteiger partial charge in [-0.25, -0.2) is 9.78 Å². The molecule has 0 bridgehead atoms. The van der Waals surface area contributed by atoms with E-state index in [1.54, 1.807) is 18.7 Å². The molecule has 4 nitrogen and oxygen atoms in total. The molecule has 1 amide bonds. The SMILES string of the molecule is CC1CC(C)N1C(=O)n1ccnc1. The lowest BCUT2D eigenvalue weighted by atomic mass is 9.97. The molecule has 1 aromatic rings. The first-order valence-corrected chi connectivity index (χ1v) is 4.51. The Morgan fingerprint density at radius 2 is 2.15 bits per heavy atom. The van der Waals surface area contributed by atoms with Crippen LogP contribution >= 0.6 is 0 Å². The topological polar surface area (TPSA) is 38.1 Å². The van der Waals surface area contributed by atoms with Crippen LogP contribution in [0.5, 0.6) is 0 Å². The Bertz CT molecular complexity index is 299. The Labute approximate surface area is 77.2 Å². The molecule has 0 N–H and O–H groups in total. The Balaban J connectivity index is 2.14. The minimum Gasteiger partial charge on any atom is -0.318 e. The summed E-state index contributed by atoms with van der Waals surface area (Å²) in [5, 5.41) is 0. The van der Waals surface area contributed by atoms with Gasteiger partial charge >= 0.3 is 6.03 Å². The van der Waals surface area contributed by atoms with Gasteiger partial charge in [0.25, 0.3) is 0 Å². The van der Waals surface area contributed by atoms with Gasteiger partial charge in [-0.1, -0.05) is 0 Å². The molecular formula is C9H13N3O. The van der Waals surface area contributed by atoms with E-state index in [4.69, 9.17) is 0 Å². The molecule has 1 aliphatic heterocycles. The highest BCUT2D eigenvalue weighted by atomic mass is 16.2. The number of carbonyl (C=O) groups excluding carboxylic acids is 1. The van der Waals surface area contributed by atoms with Gasteiger partial charge in [-0.2, -0.15) is 0 Å². The zero-order valence-corrected chi connectivity index (χ0v) is 7.84. The number of rotatable bonds is 0. The molecule has 0 aliphatic carbocycles. The van der Waals surface area contributed by atoms with Gasteiger partial charge < -0.3 is 4.90 Å². The Morgan fingerprint density at radius 1 is 1.46 bits per heavy atom. The molecule has 2 unspecified atom stereocenters. The molecule has 1 fully saturated rings. The van der Waals surface area contributed by atoms with E-state index >= 15 is 0 Å². The van der Waals surface area contributed by atoms with Crippen LogP contribution in [-0.2, 0) is 0 Å². The summed E-state index contributed by atoms with van der Waals surface area (Å²) in [6, 6.07) is 0.763. The van der Waals surface area contributed by atoms with Crippen LogP contribution in [0.1, 0.15) is 20.3 Å². The summed E-state index contributed by atoms with van der Waals surface area (Å²) in [5.74, 6) is 0. The Kier molecular flexibility index (Phi) is 1.83. The third-order valence-corrected chi connectivity index (χ3v) is 2.58. The summed E-state index contributed by atoms with van der Waals surface area (Å²) in [7, 11) is 0. The fourth-order valence-corrected chi connectivity index (χ4v) is 1.90. The minimum atomic E-state index is 0.0313. The molecule has 70 valence electrons. The molecule has 13 heavy (non-hydrogen) atoms. The Hall–Kier alpha value is -1.32. The highest BCUT2D eigenvalue weighted by Crippen LogP contribution is 2.25. The smallest absolute Gasteiger partial charge is 0.318 e. The van der Waals surface area contributed by atoms with Crippen LogP contribution in [0.2, 0.25) is 0 Å². The maximum Gasteiger partial charge on any atom is 0.329 e. The van der Waals surface area contributed by atoms with Crippen LogP contribution in [-0.4, -0.2) is 32.6 Å². The number of hydrogen-bond donors (Lipinski definition) is 0. The quantitative estimate of drug-likeness (QED) is 0.602. The summed E-state index contributed by atoms with van der Waals surface area (Å²) in [6.07, 6.45) is 5.94. The van der Waals surface area contributed by atoms with Crippen molar-refractivity contribution in [3.05, 3.63) is 18.7 Å². The summed E-state index contributed by atoms with van der Waals surface area (Å²) < 4.78 is 1.52. The first-order valence-electron chi connectivity index (χ1n) is 4.51. The second-order valence-electron chi connectivity index (χ2n) is 3.59. The van der Waals surface area contributed by atoms with Crippen LogP contribution < -0.4 is 0 Å². The van der Waals surface area contributed by atoms with E-state index in [1.165, 1.54) is 4.57 Å². The van der Waals surface area contributed by atoms with Crippen molar-refractivity contribution in [3.8, 4) is 0 Å². The van der Waals surface area contributed by atoms with E-state index in [9.17, 15) is 4.79 Å². The van der Waals surface area contributed by atoms with E-state index in [0.717, 1.165) is 6.42 Å². The third-order valence-electron chi connectivity index (χ3n) is 2.58. The molecule has 0 saturated carbocycles. The molecule has 2 heterocycles.